The lowest BCUT2D eigenvalue weighted by Crippen LogP contribution is -2.55. The van der Waals surface area contributed by atoms with Crippen molar-refractivity contribution >= 4 is 24.0 Å². The Labute approximate surface area is 80.8 Å². The Bertz CT molecular complexity index is 96.3. The first kappa shape index (κ1) is 13.3. The Morgan fingerprint density at radius 2 is 1.50 bits per heavy atom. The van der Waals surface area contributed by atoms with Gasteiger partial charge in [0.1, 0.15) is 5.54 Å². The highest BCUT2D eigenvalue weighted by atomic mass is 127. The second-order valence-corrected chi connectivity index (χ2v) is 3.98. The van der Waals surface area contributed by atoms with Crippen molar-refractivity contribution in [2.75, 3.05) is 27.7 Å². The normalized spacial score (nSPS) is 12.6. The van der Waals surface area contributed by atoms with E-state index < -0.39 is 0 Å². The van der Waals surface area contributed by atoms with Crippen LogP contribution in [0.25, 0.3) is 0 Å². The van der Waals surface area contributed by atoms with E-state index in [1.165, 1.54) is 0 Å². The molecule has 0 rings (SSSR count). The third-order valence-electron chi connectivity index (χ3n) is 2.20. The smallest absolute Gasteiger partial charge is 0.116 e. The average molecular weight is 260 g/mol. The number of quaternary nitrogens is 1. The number of nitrogens with zero attached hydrogens (tertiary/aromatic N) is 1. The van der Waals surface area contributed by atoms with Gasteiger partial charge in [0, 0.05) is 0 Å². The van der Waals surface area contributed by atoms with E-state index in [2.05, 4.69) is 21.1 Å². The van der Waals surface area contributed by atoms with E-state index in [1.807, 2.05) is 13.8 Å². The number of likely N-dealkylation sites (N-methyl/N-ethyl adjacent to an activating group) is 1. The molecule has 0 heterocycles. The van der Waals surface area contributed by atoms with Gasteiger partial charge in [0.05, 0.1) is 27.7 Å². The minimum absolute atomic E-state index is 0. The molecule has 0 saturated carbocycles. The summed E-state index contributed by atoms with van der Waals surface area (Å²) in [6.07, 6.45) is 0. The van der Waals surface area contributed by atoms with Gasteiger partial charge in [-0.3, -0.25) is 0 Å². The van der Waals surface area contributed by atoms with Crippen LogP contribution in [0.4, 0.5) is 0 Å². The molecule has 2 nitrogen and oxygen atoms in total. The second kappa shape index (κ2) is 3.88. The molecule has 0 aromatic carbocycles. The molecule has 0 amide bonds. The maximum Gasteiger partial charge on any atom is 0.116 e. The molecule has 0 aromatic rings. The number of hydrogen-bond donors (Lipinski definition) is 1. The van der Waals surface area contributed by atoms with Gasteiger partial charge in [-0.05, 0) is 13.8 Å². The van der Waals surface area contributed by atoms with Crippen LogP contribution in [-0.4, -0.2) is 42.9 Å². The summed E-state index contributed by atoms with van der Waals surface area (Å²) < 4.78 is 0.795. The molecule has 0 spiro atoms. The molecule has 0 radical (unpaired) electrons. The van der Waals surface area contributed by atoms with Gasteiger partial charge >= 0.3 is 0 Å². The highest BCUT2D eigenvalue weighted by Gasteiger charge is 2.31. The van der Waals surface area contributed by atoms with Crippen LogP contribution in [0.5, 0.6) is 0 Å². The van der Waals surface area contributed by atoms with Crippen LogP contribution in [0.3, 0.4) is 0 Å². The zero-order valence-corrected chi connectivity index (χ0v) is 9.84. The molecule has 0 saturated heterocycles. The lowest BCUT2D eigenvalue weighted by atomic mass is 10.0. The molecule has 0 unspecified atom stereocenters. The van der Waals surface area contributed by atoms with Gasteiger partial charge in [-0.15, -0.1) is 24.0 Å². The van der Waals surface area contributed by atoms with E-state index in [0.29, 0.717) is 0 Å². The maximum atomic E-state index is 8.91. The molecular formula is C7H19INO+. The summed E-state index contributed by atoms with van der Waals surface area (Å²) in [7, 11) is 6.24. The number of hydrogen-bond acceptors (Lipinski definition) is 1. The van der Waals surface area contributed by atoms with E-state index in [-0.39, 0.29) is 36.1 Å². The van der Waals surface area contributed by atoms with Gasteiger partial charge < -0.3 is 9.59 Å². The summed E-state index contributed by atoms with van der Waals surface area (Å²) in [5, 5.41) is 8.91. The Balaban J connectivity index is 0. The monoisotopic (exact) mass is 260 g/mol. The molecule has 0 bridgehead atoms. The van der Waals surface area contributed by atoms with Crippen molar-refractivity contribution in [3.63, 3.8) is 0 Å². The maximum absolute atomic E-state index is 8.91. The molecule has 0 aliphatic rings. The van der Waals surface area contributed by atoms with Crippen LogP contribution in [0.15, 0.2) is 0 Å². The Hall–Kier alpha value is 0.650. The third-order valence-corrected chi connectivity index (χ3v) is 2.20. The average Bonchev–Trinajstić information content (AvgIpc) is 1.64. The van der Waals surface area contributed by atoms with Crippen molar-refractivity contribution in [2.45, 2.75) is 19.4 Å². The Morgan fingerprint density at radius 3 is 1.50 bits per heavy atom. The minimum Gasteiger partial charge on any atom is -0.390 e. The van der Waals surface area contributed by atoms with Crippen molar-refractivity contribution in [1.29, 1.82) is 0 Å². The summed E-state index contributed by atoms with van der Waals surface area (Å²) in [6, 6.07) is 0. The quantitative estimate of drug-likeness (QED) is 0.582. The van der Waals surface area contributed by atoms with Crippen LogP contribution in [0.1, 0.15) is 13.8 Å². The first-order valence-electron chi connectivity index (χ1n) is 3.24. The fourth-order valence-electron chi connectivity index (χ4n) is 0.212. The molecule has 0 atom stereocenters. The lowest BCUT2D eigenvalue weighted by Gasteiger charge is -2.39. The highest BCUT2D eigenvalue weighted by molar-refractivity contribution is 14.0. The topological polar surface area (TPSA) is 20.2 Å². The number of rotatable bonds is 2. The van der Waals surface area contributed by atoms with Crippen molar-refractivity contribution in [3.8, 4) is 0 Å². The molecule has 10 heavy (non-hydrogen) atoms. The lowest BCUT2D eigenvalue weighted by molar-refractivity contribution is -0.920. The predicted molar refractivity (Wildman–Crippen MR) is 54.6 cm³/mol. The van der Waals surface area contributed by atoms with Gasteiger partial charge in [0.2, 0.25) is 0 Å². The fourth-order valence-corrected chi connectivity index (χ4v) is 0.212. The zero-order chi connectivity index (χ0) is 7.71. The summed E-state index contributed by atoms with van der Waals surface area (Å²) in [5.74, 6) is 0. The number of aliphatic hydroxyl groups is 1. The van der Waals surface area contributed by atoms with Gasteiger partial charge in [-0.1, -0.05) is 0 Å². The van der Waals surface area contributed by atoms with Gasteiger partial charge in [0.25, 0.3) is 0 Å². The molecule has 0 aliphatic heterocycles. The Morgan fingerprint density at radius 1 is 1.20 bits per heavy atom. The van der Waals surface area contributed by atoms with Crippen molar-refractivity contribution in [3.05, 3.63) is 0 Å². The number of aliphatic hydroxyl groups excluding tert-OH is 1. The van der Waals surface area contributed by atoms with Crippen molar-refractivity contribution < 1.29 is 9.59 Å². The van der Waals surface area contributed by atoms with Gasteiger partial charge in [0.15, 0.2) is 0 Å². The summed E-state index contributed by atoms with van der Waals surface area (Å²) in [6.45, 7) is 4.33. The van der Waals surface area contributed by atoms with Crippen molar-refractivity contribution in [1.82, 2.24) is 0 Å². The standard InChI is InChI=1S/C7H18NO.HI/c1-7(2,6-9)8(3,4)5;/h9H,6H2,1-5H3;1H/q+1;. The summed E-state index contributed by atoms with van der Waals surface area (Å²) in [4.78, 5) is 0. The van der Waals surface area contributed by atoms with Crippen LogP contribution in [-0.2, 0) is 0 Å². The van der Waals surface area contributed by atoms with E-state index in [1.54, 1.807) is 0 Å². The fraction of sp³-hybridized carbons (Fsp3) is 1.00. The molecular weight excluding hydrogens is 241 g/mol. The van der Waals surface area contributed by atoms with Crippen molar-refractivity contribution in [2.24, 2.45) is 0 Å². The van der Waals surface area contributed by atoms with E-state index in [4.69, 9.17) is 5.11 Å². The third kappa shape index (κ3) is 3.16. The summed E-state index contributed by atoms with van der Waals surface area (Å²) >= 11 is 0. The van der Waals surface area contributed by atoms with Crippen LogP contribution < -0.4 is 0 Å². The van der Waals surface area contributed by atoms with E-state index in [9.17, 15) is 0 Å². The molecule has 0 fully saturated rings. The van der Waals surface area contributed by atoms with Gasteiger partial charge in [-0.2, -0.15) is 0 Å². The Kier molecular flexibility index (Phi) is 5.14. The predicted octanol–water partition coefficient (Wildman–Crippen LogP) is 1.08. The largest absolute Gasteiger partial charge is 0.390 e. The van der Waals surface area contributed by atoms with E-state index in [0.717, 1.165) is 4.48 Å². The first-order chi connectivity index (χ1) is 3.81. The molecule has 3 heteroatoms. The molecule has 1 N–H and O–H groups in total. The SMILES string of the molecule is CC(C)(CO)[N+](C)(C)C.I. The molecule has 64 valence electrons. The highest BCUT2D eigenvalue weighted by Crippen LogP contribution is 2.15. The first-order valence-corrected chi connectivity index (χ1v) is 3.24. The molecule has 0 aromatic heterocycles. The molecule has 0 aliphatic carbocycles. The van der Waals surface area contributed by atoms with Crippen LogP contribution in [0, 0.1) is 0 Å². The van der Waals surface area contributed by atoms with Crippen LogP contribution in [0.2, 0.25) is 0 Å². The summed E-state index contributed by atoms with van der Waals surface area (Å²) in [5.41, 5.74) is -0.0278. The van der Waals surface area contributed by atoms with E-state index >= 15 is 0 Å². The van der Waals surface area contributed by atoms with Gasteiger partial charge in [-0.25, -0.2) is 0 Å². The second-order valence-electron chi connectivity index (χ2n) is 3.98. The zero-order valence-electron chi connectivity index (χ0n) is 7.51. The minimum atomic E-state index is -0.0278. The van der Waals surface area contributed by atoms with Crippen LogP contribution >= 0.6 is 24.0 Å². The number of halogens is 1.